The summed E-state index contributed by atoms with van der Waals surface area (Å²) in [5.74, 6) is 0.457. The summed E-state index contributed by atoms with van der Waals surface area (Å²) in [6.07, 6.45) is 9.97. The number of nitrogens with one attached hydrogen (secondary N) is 2. The molecule has 0 unspecified atom stereocenters. The van der Waals surface area contributed by atoms with E-state index in [9.17, 15) is 9.18 Å². The molecule has 0 spiro atoms. The van der Waals surface area contributed by atoms with Crippen molar-refractivity contribution in [2.24, 2.45) is 0 Å². The third kappa shape index (κ3) is 6.17. The summed E-state index contributed by atoms with van der Waals surface area (Å²) in [5.41, 5.74) is 0.380. The van der Waals surface area contributed by atoms with Crippen molar-refractivity contribution in [1.82, 2.24) is 15.6 Å². The minimum Gasteiger partial charge on any atom is -0.441 e. The number of benzene rings is 1. The quantitative estimate of drug-likeness (QED) is 0.545. The molecule has 1 aliphatic rings. The van der Waals surface area contributed by atoms with Gasteiger partial charge in [0.2, 0.25) is 5.91 Å². The second-order valence-electron chi connectivity index (χ2n) is 7.09. The van der Waals surface area contributed by atoms with Gasteiger partial charge in [0.05, 0.1) is 11.8 Å². The van der Waals surface area contributed by atoms with Gasteiger partial charge in [-0.15, -0.1) is 0 Å². The van der Waals surface area contributed by atoms with Gasteiger partial charge in [0, 0.05) is 32.0 Å². The fourth-order valence-corrected chi connectivity index (χ4v) is 3.48. The Bertz CT molecular complexity index is 724. The van der Waals surface area contributed by atoms with Gasteiger partial charge < -0.3 is 15.1 Å². The molecule has 1 aliphatic carbocycles. The monoisotopic (exact) mass is 373 g/mol. The predicted molar refractivity (Wildman–Crippen MR) is 103 cm³/mol. The number of amides is 1. The van der Waals surface area contributed by atoms with Crippen molar-refractivity contribution >= 4 is 5.91 Å². The van der Waals surface area contributed by atoms with Crippen LogP contribution >= 0.6 is 0 Å². The van der Waals surface area contributed by atoms with Crippen LogP contribution in [-0.2, 0) is 11.2 Å². The fourth-order valence-electron chi connectivity index (χ4n) is 3.48. The zero-order valence-electron chi connectivity index (χ0n) is 15.7. The number of carbonyl (C=O) groups excluding carboxylic acids is 1. The Kier molecular flexibility index (Phi) is 7.39. The molecule has 0 saturated heterocycles. The number of carbonyl (C=O) groups is 1. The van der Waals surface area contributed by atoms with Gasteiger partial charge in [0.25, 0.3) is 0 Å². The SMILES string of the molecule is O=C(CCc1ncc(-c2ccccc2F)o1)NCCNC1CCCCCC1. The van der Waals surface area contributed by atoms with Crippen LogP contribution in [0.2, 0.25) is 0 Å². The summed E-state index contributed by atoms with van der Waals surface area (Å²) in [7, 11) is 0. The highest BCUT2D eigenvalue weighted by atomic mass is 19.1. The number of nitrogens with zero attached hydrogens (tertiary/aromatic N) is 1. The summed E-state index contributed by atoms with van der Waals surface area (Å²) in [6.45, 7) is 1.42. The molecule has 1 aromatic heterocycles. The molecule has 146 valence electrons. The van der Waals surface area contributed by atoms with Gasteiger partial charge in [-0.1, -0.05) is 37.8 Å². The number of hydrogen-bond acceptors (Lipinski definition) is 4. The van der Waals surface area contributed by atoms with E-state index in [2.05, 4.69) is 15.6 Å². The summed E-state index contributed by atoms with van der Waals surface area (Å²) in [5, 5.41) is 6.46. The second kappa shape index (κ2) is 10.2. The van der Waals surface area contributed by atoms with Crippen LogP contribution < -0.4 is 10.6 Å². The molecule has 5 nitrogen and oxygen atoms in total. The van der Waals surface area contributed by atoms with E-state index in [0.29, 0.717) is 42.6 Å². The van der Waals surface area contributed by atoms with E-state index >= 15 is 0 Å². The molecule has 1 amide bonds. The van der Waals surface area contributed by atoms with Gasteiger partial charge in [-0.2, -0.15) is 0 Å². The maximum Gasteiger partial charge on any atom is 0.220 e. The fraction of sp³-hybridized carbons (Fsp3) is 0.524. The van der Waals surface area contributed by atoms with Crippen molar-refractivity contribution in [3.8, 4) is 11.3 Å². The van der Waals surface area contributed by atoms with Crippen molar-refractivity contribution in [1.29, 1.82) is 0 Å². The molecule has 2 aromatic rings. The molecule has 6 heteroatoms. The highest BCUT2D eigenvalue weighted by Gasteiger charge is 2.13. The maximum atomic E-state index is 13.8. The topological polar surface area (TPSA) is 67.2 Å². The standard InChI is InChI=1S/C21H28FN3O2/c22-18-10-6-5-9-17(18)19-15-25-21(27-19)12-11-20(26)24-14-13-23-16-7-3-1-2-4-8-16/h5-6,9-10,15-16,23H,1-4,7-8,11-14H2,(H,24,26). The van der Waals surface area contributed by atoms with Crippen LogP contribution in [0.1, 0.15) is 50.8 Å². The molecular formula is C21H28FN3O2. The number of rotatable bonds is 8. The van der Waals surface area contributed by atoms with Crippen LogP contribution in [0.5, 0.6) is 0 Å². The largest absolute Gasteiger partial charge is 0.441 e. The van der Waals surface area contributed by atoms with Gasteiger partial charge in [-0.05, 0) is 25.0 Å². The van der Waals surface area contributed by atoms with Gasteiger partial charge in [0.1, 0.15) is 5.82 Å². The van der Waals surface area contributed by atoms with Crippen molar-refractivity contribution in [2.45, 2.75) is 57.4 Å². The number of oxazole rings is 1. The Hall–Kier alpha value is -2.21. The smallest absolute Gasteiger partial charge is 0.220 e. The lowest BCUT2D eigenvalue weighted by Crippen LogP contribution is -2.36. The van der Waals surface area contributed by atoms with Crippen LogP contribution in [0.3, 0.4) is 0 Å². The van der Waals surface area contributed by atoms with Gasteiger partial charge in [0.15, 0.2) is 11.7 Å². The Morgan fingerprint density at radius 2 is 1.93 bits per heavy atom. The third-order valence-electron chi connectivity index (χ3n) is 4.99. The molecule has 27 heavy (non-hydrogen) atoms. The average Bonchev–Trinajstić information content (AvgIpc) is 2.99. The van der Waals surface area contributed by atoms with Crippen molar-refractivity contribution in [3.63, 3.8) is 0 Å². The molecule has 2 N–H and O–H groups in total. The van der Waals surface area contributed by atoms with E-state index in [-0.39, 0.29) is 11.7 Å². The summed E-state index contributed by atoms with van der Waals surface area (Å²) in [6, 6.07) is 7.00. The minimum atomic E-state index is -0.348. The first-order valence-electron chi connectivity index (χ1n) is 9.92. The highest BCUT2D eigenvalue weighted by molar-refractivity contribution is 5.76. The Morgan fingerprint density at radius 3 is 2.70 bits per heavy atom. The van der Waals surface area contributed by atoms with E-state index < -0.39 is 0 Å². The van der Waals surface area contributed by atoms with Crippen molar-refractivity contribution in [3.05, 3.63) is 42.2 Å². The second-order valence-corrected chi connectivity index (χ2v) is 7.09. The molecule has 1 fully saturated rings. The number of aromatic nitrogens is 1. The Balaban J connectivity index is 1.35. The Morgan fingerprint density at radius 1 is 1.15 bits per heavy atom. The molecule has 0 atom stereocenters. The van der Waals surface area contributed by atoms with Crippen LogP contribution in [0.4, 0.5) is 4.39 Å². The molecule has 3 rings (SSSR count). The number of hydrogen-bond donors (Lipinski definition) is 2. The van der Waals surface area contributed by atoms with Gasteiger partial charge in [-0.25, -0.2) is 9.37 Å². The first-order chi connectivity index (χ1) is 13.2. The van der Waals surface area contributed by atoms with Crippen molar-refractivity contribution in [2.75, 3.05) is 13.1 Å². The van der Waals surface area contributed by atoms with Crippen LogP contribution in [0, 0.1) is 5.82 Å². The lowest BCUT2D eigenvalue weighted by atomic mass is 10.1. The number of aryl methyl sites for hydroxylation is 1. The van der Waals surface area contributed by atoms with E-state index in [1.807, 2.05) is 0 Å². The van der Waals surface area contributed by atoms with E-state index in [0.717, 1.165) is 6.54 Å². The molecule has 0 radical (unpaired) electrons. The zero-order chi connectivity index (χ0) is 18.9. The predicted octanol–water partition coefficient (Wildman–Crippen LogP) is 3.84. The summed E-state index contributed by atoms with van der Waals surface area (Å²) in [4.78, 5) is 16.1. The average molecular weight is 373 g/mol. The molecular weight excluding hydrogens is 345 g/mol. The van der Waals surface area contributed by atoms with Crippen LogP contribution in [-0.4, -0.2) is 30.0 Å². The lowest BCUT2D eigenvalue weighted by Gasteiger charge is -2.16. The van der Waals surface area contributed by atoms with Crippen LogP contribution in [0.15, 0.2) is 34.9 Å². The van der Waals surface area contributed by atoms with Gasteiger partial charge >= 0.3 is 0 Å². The van der Waals surface area contributed by atoms with Gasteiger partial charge in [-0.3, -0.25) is 4.79 Å². The minimum absolute atomic E-state index is 0.0247. The van der Waals surface area contributed by atoms with Crippen molar-refractivity contribution < 1.29 is 13.6 Å². The van der Waals surface area contributed by atoms with E-state index in [1.54, 1.807) is 18.2 Å². The lowest BCUT2D eigenvalue weighted by molar-refractivity contribution is -0.121. The summed E-state index contributed by atoms with van der Waals surface area (Å²) >= 11 is 0. The molecule has 1 aromatic carbocycles. The zero-order valence-corrected chi connectivity index (χ0v) is 15.7. The summed E-state index contributed by atoms with van der Waals surface area (Å²) < 4.78 is 19.3. The molecule has 1 saturated carbocycles. The highest BCUT2D eigenvalue weighted by Crippen LogP contribution is 2.23. The first-order valence-corrected chi connectivity index (χ1v) is 9.92. The third-order valence-corrected chi connectivity index (χ3v) is 4.99. The first kappa shape index (κ1) is 19.5. The number of halogens is 1. The van der Waals surface area contributed by atoms with E-state index in [1.165, 1.54) is 50.8 Å². The Labute approximate surface area is 159 Å². The molecule has 1 heterocycles. The van der Waals surface area contributed by atoms with Crippen LogP contribution in [0.25, 0.3) is 11.3 Å². The molecule has 0 bridgehead atoms. The van der Waals surface area contributed by atoms with E-state index in [4.69, 9.17) is 4.42 Å². The molecule has 0 aliphatic heterocycles. The normalized spacial score (nSPS) is 15.4. The maximum absolute atomic E-state index is 13.8.